The maximum Gasteiger partial charge on any atom is 0.327 e. The average Bonchev–Trinajstić information content (AvgIpc) is 3.05. The molecule has 1 amide bonds. The maximum absolute atomic E-state index is 12.5. The van der Waals surface area contributed by atoms with Crippen molar-refractivity contribution in [2.24, 2.45) is 0 Å². The van der Waals surface area contributed by atoms with Gasteiger partial charge in [0.1, 0.15) is 6.04 Å². The third-order valence-electron chi connectivity index (χ3n) is 3.86. The summed E-state index contributed by atoms with van der Waals surface area (Å²) in [4.78, 5) is 25.4. The summed E-state index contributed by atoms with van der Waals surface area (Å²) in [5, 5.41) is 12.5. The Morgan fingerprint density at radius 2 is 2.11 bits per heavy atom. The summed E-state index contributed by atoms with van der Waals surface area (Å²) in [6, 6.07) is 6.41. The molecule has 2 aliphatic rings. The van der Waals surface area contributed by atoms with E-state index >= 15 is 0 Å². The SMILES string of the molecule is O=C(O)[C@@H]1Cc2ccccc2N1C(=O)[C@@H]1CCCN1. The molecule has 0 saturated carbocycles. The van der Waals surface area contributed by atoms with Crippen LogP contribution in [0.15, 0.2) is 24.3 Å². The molecule has 1 aromatic rings. The molecule has 2 atom stereocenters. The van der Waals surface area contributed by atoms with Gasteiger partial charge in [-0.2, -0.15) is 0 Å². The molecule has 0 aliphatic carbocycles. The first-order chi connectivity index (χ1) is 9.18. The van der Waals surface area contributed by atoms with E-state index < -0.39 is 12.0 Å². The molecule has 0 bridgehead atoms. The molecule has 2 heterocycles. The number of carboxylic acid groups (broad SMARTS) is 1. The van der Waals surface area contributed by atoms with E-state index in [1.54, 1.807) is 0 Å². The quantitative estimate of drug-likeness (QED) is 0.824. The molecule has 0 radical (unpaired) electrons. The van der Waals surface area contributed by atoms with E-state index in [2.05, 4.69) is 5.32 Å². The lowest BCUT2D eigenvalue weighted by atomic mass is 10.1. The van der Waals surface area contributed by atoms with Gasteiger partial charge in [0.2, 0.25) is 5.91 Å². The average molecular weight is 260 g/mol. The number of rotatable bonds is 2. The molecule has 2 N–H and O–H groups in total. The first-order valence-electron chi connectivity index (χ1n) is 6.55. The maximum atomic E-state index is 12.5. The zero-order valence-corrected chi connectivity index (χ0v) is 10.5. The Hall–Kier alpha value is -1.88. The van der Waals surface area contributed by atoms with Crippen LogP contribution in [0.3, 0.4) is 0 Å². The molecule has 19 heavy (non-hydrogen) atoms. The van der Waals surface area contributed by atoms with E-state index in [0.717, 1.165) is 30.6 Å². The number of hydrogen-bond acceptors (Lipinski definition) is 3. The zero-order valence-electron chi connectivity index (χ0n) is 10.5. The van der Waals surface area contributed by atoms with Gasteiger partial charge in [0.25, 0.3) is 0 Å². The fourth-order valence-electron chi connectivity index (χ4n) is 2.92. The lowest BCUT2D eigenvalue weighted by Crippen LogP contribution is -2.50. The third kappa shape index (κ3) is 2.00. The van der Waals surface area contributed by atoms with Crippen molar-refractivity contribution in [3.8, 4) is 0 Å². The Bertz CT molecular complexity index is 523. The van der Waals surface area contributed by atoms with Gasteiger partial charge in [-0.05, 0) is 31.0 Å². The van der Waals surface area contributed by atoms with Crippen LogP contribution in [0, 0.1) is 0 Å². The number of nitrogens with one attached hydrogen (secondary N) is 1. The molecule has 100 valence electrons. The minimum Gasteiger partial charge on any atom is -0.480 e. The monoisotopic (exact) mass is 260 g/mol. The van der Waals surface area contributed by atoms with Gasteiger partial charge >= 0.3 is 5.97 Å². The summed E-state index contributed by atoms with van der Waals surface area (Å²) >= 11 is 0. The van der Waals surface area contributed by atoms with E-state index in [9.17, 15) is 14.7 Å². The first-order valence-corrected chi connectivity index (χ1v) is 6.55. The normalized spacial score (nSPS) is 25.4. The molecule has 0 aromatic heterocycles. The van der Waals surface area contributed by atoms with E-state index in [0.29, 0.717) is 6.42 Å². The van der Waals surface area contributed by atoms with Gasteiger partial charge in [-0.25, -0.2) is 4.79 Å². The topological polar surface area (TPSA) is 69.6 Å². The molecule has 0 unspecified atom stereocenters. The predicted molar refractivity (Wildman–Crippen MR) is 70.1 cm³/mol. The summed E-state index contributed by atoms with van der Waals surface area (Å²) in [6.07, 6.45) is 2.14. The molecular weight excluding hydrogens is 244 g/mol. The lowest BCUT2D eigenvalue weighted by Gasteiger charge is -2.25. The minimum atomic E-state index is -0.942. The minimum absolute atomic E-state index is 0.116. The van der Waals surface area contributed by atoms with E-state index in [-0.39, 0.29) is 11.9 Å². The van der Waals surface area contributed by atoms with Gasteiger partial charge < -0.3 is 10.4 Å². The summed E-state index contributed by atoms with van der Waals surface area (Å²) in [5.74, 6) is -1.06. The van der Waals surface area contributed by atoms with Gasteiger partial charge in [-0.15, -0.1) is 0 Å². The largest absolute Gasteiger partial charge is 0.480 e. The number of hydrogen-bond donors (Lipinski definition) is 2. The van der Waals surface area contributed by atoms with E-state index in [4.69, 9.17) is 0 Å². The lowest BCUT2D eigenvalue weighted by molar-refractivity contribution is -0.140. The summed E-state index contributed by atoms with van der Waals surface area (Å²) < 4.78 is 0. The molecule has 1 aromatic carbocycles. The van der Waals surface area contributed by atoms with E-state index in [1.165, 1.54) is 4.90 Å². The number of carboxylic acids is 1. The highest BCUT2D eigenvalue weighted by Crippen LogP contribution is 2.33. The molecule has 5 heteroatoms. The predicted octanol–water partition coefficient (Wildman–Crippen LogP) is 0.781. The highest BCUT2D eigenvalue weighted by atomic mass is 16.4. The van der Waals surface area contributed by atoms with Gasteiger partial charge in [0.15, 0.2) is 0 Å². The fourth-order valence-corrected chi connectivity index (χ4v) is 2.92. The van der Waals surface area contributed by atoms with Gasteiger partial charge in [0.05, 0.1) is 6.04 Å². The van der Waals surface area contributed by atoms with Crippen LogP contribution in [0.2, 0.25) is 0 Å². The van der Waals surface area contributed by atoms with Crippen molar-refractivity contribution in [2.45, 2.75) is 31.3 Å². The van der Waals surface area contributed by atoms with Crippen molar-refractivity contribution in [3.05, 3.63) is 29.8 Å². The second-order valence-electron chi connectivity index (χ2n) is 5.04. The number of amides is 1. The number of fused-ring (bicyclic) bond motifs is 1. The molecule has 0 spiro atoms. The van der Waals surface area contributed by atoms with Crippen molar-refractivity contribution in [3.63, 3.8) is 0 Å². The molecule has 2 aliphatic heterocycles. The smallest absolute Gasteiger partial charge is 0.327 e. The van der Waals surface area contributed by atoms with Crippen LogP contribution in [0.25, 0.3) is 0 Å². The van der Waals surface area contributed by atoms with Crippen LogP contribution >= 0.6 is 0 Å². The zero-order chi connectivity index (χ0) is 13.4. The van der Waals surface area contributed by atoms with Crippen LogP contribution in [-0.4, -0.2) is 35.6 Å². The number of aliphatic carboxylic acids is 1. The Balaban J connectivity index is 1.95. The van der Waals surface area contributed by atoms with Crippen molar-refractivity contribution in [1.82, 2.24) is 5.32 Å². The summed E-state index contributed by atoms with van der Waals surface area (Å²) in [6.45, 7) is 0.823. The standard InChI is InChI=1S/C14H16N2O3/c17-13(10-5-3-7-15-10)16-11-6-2-1-4-9(11)8-12(16)14(18)19/h1-2,4,6,10,12,15H,3,5,7-8H2,(H,18,19)/t10-,12-/m0/s1. The highest BCUT2D eigenvalue weighted by Gasteiger charge is 2.41. The molecular formula is C14H16N2O3. The second kappa shape index (κ2) is 4.66. The van der Waals surface area contributed by atoms with Crippen molar-refractivity contribution in [1.29, 1.82) is 0 Å². The van der Waals surface area contributed by atoms with Gasteiger partial charge in [0, 0.05) is 12.1 Å². The van der Waals surface area contributed by atoms with Crippen LogP contribution in [0.1, 0.15) is 18.4 Å². The molecule has 1 fully saturated rings. The van der Waals surface area contributed by atoms with Crippen molar-refractivity contribution >= 4 is 17.6 Å². The first kappa shape index (κ1) is 12.2. The molecule has 1 saturated heterocycles. The second-order valence-corrected chi connectivity index (χ2v) is 5.04. The third-order valence-corrected chi connectivity index (χ3v) is 3.86. The summed E-state index contributed by atoms with van der Waals surface area (Å²) in [7, 11) is 0. The van der Waals surface area contributed by atoms with Gasteiger partial charge in [-0.3, -0.25) is 9.69 Å². The summed E-state index contributed by atoms with van der Waals surface area (Å²) in [5.41, 5.74) is 1.68. The Kier molecular flexibility index (Phi) is 2.98. The highest BCUT2D eigenvalue weighted by molar-refractivity contribution is 6.04. The number of benzene rings is 1. The molecule has 5 nitrogen and oxygen atoms in total. The van der Waals surface area contributed by atoms with Crippen molar-refractivity contribution < 1.29 is 14.7 Å². The molecule has 3 rings (SSSR count). The Morgan fingerprint density at radius 1 is 1.32 bits per heavy atom. The van der Waals surface area contributed by atoms with Gasteiger partial charge in [-0.1, -0.05) is 18.2 Å². The van der Waals surface area contributed by atoms with Crippen LogP contribution in [0.4, 0.5) is 5.69 Å². The van der Waals surface area contributed by atoms with Crippen LogP contribution < -0.4 is 10.2 Å². The number of carbonyl (C=O) groups excluding carboxylic acids is 1. The Labute approximate surface area is 111 Å². The number of carbonyl (C=O) groups is 2. The number of anilines is 1. The number of para-hydroxylation sites is 1. The number of nitrogens with zero attached hydrogens (tertiary/aromatic N) is 1. The fraction of sp³-hybridized carbons (Fsp3) is 0.429. The van der Waals surface area contributed by atoms with E-state index in [1.807, 2.05) is 24.3 Å². The van der Waals surface area contributed by atoms with Crippen LogP contribution in [0.5, 0.6) is 0 Å². The van der Waals surface area contributed by atoms with Crippen molar-refractivity contribution in [2.75, 3.05) is 11.4 Å². The Morgan fingerprint density at radius 3 is 2.79 bits per heavy atom. The van der Waals surface area contributed by atoms with Crippen LogP contribution in [-0.2, 0) is 16.0 Å².